The third-order valence-corrected chi connectivity index (χ3v) is 7.78. The lowest BCUT2D eigenvalue weighted by atomic mass is 10.0. The van der Waals surface area contributed by atoms with E-state index in [1.165, 1.54) is 0 Å². The highest BCUT2D eigenvalue weighted by atomic mass is 32.1. The van der Waals surface area contributed by atoms with Gasteiger partial charge in [-0.2, -0.15) is 0 Å². The van der Waals surface area contributed by atoms with Crippen LogP contribution in [0.3, 0.4) is 0 Å². The quantitative estimate of drug-likeness (QED) is 0.135. The predicted octanol–water partition coefficient (Wildman–Crippen LogP) is 8.18. The summed E-state index contributed by atoms with van der Waals surface area (Å²) < 4.78 is 7.71. The molecule has 0 spiro atoms. The van der Waals surface area contributed by atoms with E-state index in [-0.39, 0.29) is 11.8 Å². The molecule has 3 N–H and O–H groups in total. The molecule has 0 amide bonds. The Morgan fingerprint density at radius 3 is 2.86 bits per heavy atom. The Morgan fingerprint density at radius 2 is 2.14 bits per heavy atom. The van der Waals surface area contributed by atoms with Crippen molar-refractivity contribution in [1.82, 2.24) is 24.8 Å². The molecule has 4 heterocycles. The lowest BCUT2D eigenvalue weighted by Crippen LogP contribution is -2.15. The summed E-state index contributed by atoms with van der Waals surface area (Å²) in [5, 5.41) is 16.3. The molecule has 1 atom stereocenters. The monoisotopic (exact) mass is 577 g/mol. The van der Waals surface area contributed by atoms with Gasteiger partial charge in [-0.25, -0.2) is 4.98 Å². The summed E-state index contributed by atoms with van der Waals surface area (Å²) in [7, 11) is 0. The second-order valence-corrected chi connectivity index (χ2v) is 10.8. The van der Waals surface area contributed by atoms with Crippen LogP contribution in [0.1, 0.15) is 49.8 Å². The number of phenols is 1. The van der Waals surface area contributed by atoms with Gasteiger partial charge >= 0.3 is 0 Å². The highest BCUT2D eigenvalue weighted by molar-refractivity contribution is 7.07. The highest BCUT2D eigenvalue weighted by Crippen LogP contribution is 2.34. The fraction of sp³-hybridized carbons (Fsp3) is 0.235. The zero-order valence-electron chi connectivity index (χ0n) is 23.7. The lowest BCUT2D eigenvalue weighted by molar-refractivity contribution is 0.449. The summed E-state index contributed by atoms with van der Waals surface area (Å²) in [6.07, 6.45) is 17.3. The van der Waals surface area contributed by atoms with Gasteiger partial charge in [0.25, 0.3) is 0 Å². The number of H-pyrrole nitrogens is 1. The smallest absolute Gasteiger partial charge is 0.144 e. The van der Waals surface area contributed by atoms with Crippen LogP contribution in [0.2, 0.25) is 0 Å². The van der Waals surface area contributed by atoms with Crippen LogP contribution in [0.4, 0.5) is 0 Å². The third-order valence-electron chi connectivity index (χ3n) is 7.26. The van der Waals surface area contributed by atoms with Crippen LogP contribution in [0.25, 0.3) is 39.0 Å². The van der Waals surface area contributed by atoms with Crippen LogP contribution in [0, 0.1) is 12.3 Å². The van der Waals surface area contributed by atoms with Crippen molar-refractivity contribution in [3.63, 3.8) is 0 Å². The predicted molar refractivity (Wildman–Crippen MR) is 172 cm³/mol. The van der Waals surface area contributed by atoms with Crippen LogP contribution >= 0.6 is 11.3 Å². The minimum atomic E-state index is 0.263. The second-order valence-electron chi connectivity index (χ2n) is 10.1. The minimum Gasteiger partial charge on any atom is -0.508 e. The van der Waals surface area contributed by atoms with Gasteiger partial charge in [0.2, 0.25) is 0 Å². The number of aromatic hydroxyl groups is 1. The number of fused-ring (bicyclic) bond motifs is 2. The van der Waals surface area contributed by atoms with Crippen molar-refractivity contribution in [3.8, 4) is 29.5 Å². The summed E-state index contributed by atoms with van der Waals surface area (Å²) in [5.74, 6) is 3.97. The van der Waals surface area contributed by atoms with E-state index in [0.717, 1.165) is 88.8 Å². The van der Waals surface area contributed by atoms with Crippen LogP contribution in [0.5, 0.6) is 5.75 Å². The number of phenolic OH excluding ortho intramolecular Hbond substituents is 1. The number of aromatic amines is 1. The Bertz CT molecular complexity index is 1760. The highest BCUT2D eigenvalue weighted by Gasteiger charge is 2.21. The van der Waals surface area contributed by atoms with Crippen molar-refractivity contribution in [3.05, 3.63) is 96.0 Å². The first kappa shape index (κ1) is 28.8. The number of rotatable bonds is 11. The molecule has 8 heteroatoms. The zero-order valence-corrected chi connectivity index (χ0v) is 24.5. The van der Waals surface area contributed by atoms with Gasteiger partial charge in [-0.1, -0.05) is 26.0 Å². The molecule has 0 aliphatic heterocycles. The number of nitrogens with zero attached hydrogens (tertiary/aromatic N) is 3. The number of nitrogens with one attached hydrogen (secondary N) is 2. The molecule has 0 bridgehead atoms. The van der Waals surface area contributed by atoms with E-state index < -0.39 is 0 Å². The average Bonchev–Trinajstić information content (AvgIpc) is 3.83. The molecule has 2 aromatic carbocycles. The summed E-state index contributed by atoms with van der Waals surface area (Å²) in [5.41, 5.74) is 8.78. The maximum atomic E-state index is 9.85. The molecule has 0 saturated carbocycles. The molecule has 4 aromatic heterocycles. The first-order valence-corrected chi connectivity index (χ1v) is 15.1. The molecular formula is C34H35N5O2S. The van der Waals surface area contributed by atoms with E-state index in [0.29, 0.717) is 0 Å². The summed E-state index contributed by atoms with van der Waals surface area (Å²) in [4.78, 5) is 12.0. The minimum absolute atomic E-state index is 0.263. The molecule has 1 unspecified atom stereocenters. The third kappa shape index (κ3) is 6.59. The van der Waals surface area contributed by atoms with E-state index in [9.17, 15) is 5.11 Å². The zero-order chi connectivity index (χ0) is 29.3. The van der Waals surface area contributed by atoms with Gasteiger partial charge in [0.15, 0.2) is 0 Å². The Kier molecular flexibility index (Phi) is 9.42. The summed E-state index contributed by atoms with van der Waals surface area (Å²) >= 11 is 1.60. The van der Waals surface area contributed by atoms with Crippen LogP contribution in [0.15, 0.2) is 89.3 Å². The van der Waals surface area contributed by atoms with Gasteiger partial charge in [-0.05, 0) is 66.8 Å². The molecule has 0 radical (unpaired) electrons. The number of hydrogen-bond acceptors (Lipinski definition) is 6. The number of terminal acetylenes is 1. The Morgan fingerprint density at radius 1 is 1.24 bits per heavy atom. The van der Waals surface area contributed by atoms with Crippen molar-refractivity contribution >= 4 is 39.0 Å². The standard InChI is InChI=1S/C31H32N4O2.C3H3NS/c1-4-6-8-25(7-5-2)35-30-12-9-22(17-29(30)34-31(35)24-14-16-37-20-24)21(3)32-15-13-23-19-33-28-11-10-26(36)18-27(23)28;1-2-5-3-4-1/h1,9-12,14,16-20,25,32-33,36H,3,5-8,13,15H2,2H3;1-3H. The number of hydrogen-bond donors (Lipinski definition) is 3. The van der Waals surface area contributed by atoms with Gasteiger partial charge < -0.3 is 24.4 Å². The Balaban J connectivity index is 0.000000639. The average molecular weight is 578 g/mol. The molecule has 0 saturated heterocycles. The second kappa shape index (κ2) is 13.7. The lowest BCUT2D eigenvalue weighted by Gasteiger charge is -2.20. The van der Waals surface area contributed by atoms with Gasteiger partial charge in [0.05, 0.1) is 28.4 Å². The van der Waals surface area contributed by atoms with E-state index >= 15 is 0 Å². The molecule has 214 valence electrons. The van der Waals surface area contributed by atoms with Gasteiger partial charge in [-0.15, -0.1) is 23.7 Å². The van der Waals surface area contributed by atoms with Crippen molar-refractivity contribution in [1.29, 1.82) is 0 Å². The number of furan rings is 1. The van der Waals surface area contributed by atoms with E-state index in [1.54, 1.807) is 47.7 Å². The fourth-order valence-electron chi connectivity index (χ4n) is 5.24. The summed E-state index contributed by atoms with van der Waals surface area (Å²) in [6, 6.07) is 13.9. The molecule has 0 fully saturated rings. The number of thiazole rings is 1. The Hall–Kier alpha value is -4.74. The van der Waals surface area contributed by atoms with E-state index in [1.807, 2.05) is 23.7 Å². The first-order chi connectivity index (χ1) is 20.6. The van der Waals surface area contributed by atoms with Crippen molar-refractivity contribution in [2.24, 2.45) is 0 Å². The van der Waals surface area contributed by atoms with Crippen molar-refractivity contribution in [2.75, 3.05) is 6.54 Å². The fourth-order valence-corrected chi connectivity index (χ4v) is 5.59. The topological polar surface area (TPSA) is 91.9 Å². The molecule has 0 aliphatic rings. The summed E-state index contributed by atoms with van der Waals surface area (Å²) in [6.45, 7) is 7.20. The van der Waals surface area contributed by atoms with Gasteiger partial charge in [0.1, 0.15) is 17.8 Å². The molecule has 7 nitrogen and oxygen atoms in total. The van der Waals surface area contributed by atoms with Crippen molar-refractivity contribution < 1.29 is 9.52 Å². The normalized spacial score (nSPS) is 11.6. The maximum Gasteiger partial charge on any atom is 0.144 e. The van der Waals surface area contributed by atoms with E-state index in [2.05, 4.69) is 57.5 Å². The first-order valence-electron chi connectivity index (χ1n) is 14.1. The SMILES string of the molecule is C#CCCC(CCC)n1c(-c2ccoc2)nc2cc(C(=C)NCCc3c[nH]c4ccc(O)cc34)ccc21.c1cscn1. The van der Waals surface area contributed by atoms with Gasteiger partial charge in [0, 0.05) is 53.4 Å². The molecule has 6 aromatic rings. The van der Waals surface area contributed by atoms with Crippen molar-refractivity contribution in [2.45, 2.75) is 45.1 Å². The molecule has 6 rings (SSSR count). The van der Waals surface area contributed by atoms with Crippen LogP contribution in [-0.4, -0.2) is 31.2 Å². The van der Waals surface area contributed by atoms with Crippen LogP contribution in [-0.2, 0) is 6.42 Å². The number of aromatic nitrogens is 4. The molecular weight excluding hydrogens is 542 g/mol. The van der Waals surface area contributed by atoms with Crippen LogP contribution < -0.4 is 5.32 Å². The largest absolute Gasteiger partial charge is 0.508 e. The van der Waals surface area contributed by atoms with E-state index in [4.69, 9.17) is 15.8 Å². The number of benzene rings is 2. The van der Waals surface area contributed by atoms with Gasteiger partial charge in [-0.3, -0.25) is 4.98 Å². The molecule has 0 aliphatic carbocycles. The Labute approximate surface area is 250 Å². The number of imidazole rings is 1. The molecule has 42 heavy (non-hydrogen) atoms. The maximum absolute atomic E-state index is 9.85.